The fourth-order valence-corrected chi connectivity index (χ4v) is 2.95. The van der Waals surface area contributed by atoms with Crippen LogP contribution in [0.1, 0.15) is 16.1 Å². The first kappa shape index (κ1) is 18.6. The van der Waals surface area contributed by atoms with Crippen molar-refractivity contribution < 1.29 is 9.53 Å². The second kappa shape index (κ2) is 8.98. The maximum Gasteiger partial charge on any atom is 0.269 e. The number of amides is 1. The topological polar surface area (TPSA) is 66.5 Å². The van der Waals surface area contributed by atoms with E-state index in [1.54, 1.807) is 12.3 Å². The zero-order chi connectivity index (χ0) is 18.4. The summed E-state index contributed by atoms with van der Waals surface area (Å²) in [5.74, 6) is -0.176. The van der Waals surface area contributed by atoms with Crippen LogP contribution in [0.25, 0.3) is 0 Å². The second-order valence-corrected chi connectivity index (χ2v) is 6.58. The lowest BCUT2D eigenvalue weighted by Crippen LogP contribution is -2.41. The molecule has 0 spiro atoms. The molecule has 2 aromatic rings. The molecule has 1 saturated heterocycles. The number of ether oxygens (including phenoxy) is 1. The van der Waals surface area contributed by atoms with Crippen molar-refractivity contribution in [2.75, 3.05) is 44.7 Å². The van der Waals surface area contributed by atoms with Crippen LogP contribution in [0.3, 0.4) is 0 Å². The van der Waals surface area contributed by atoms with Gasteiger partial charge in [0.05, 0.1) is 13.2 Å². The number of hydrogen-bond donors (Lipinski definition) is 2. The van der Waals surface area contributed by atoms with Gasteiger partial charge in [-0.15, -0.1) is 0 Å². The summed E-state index contributed by atoms with van der Waals surface area (Å²) in [6.07, 6.45) is 1.62. The first-order chi connectivity index (χ1) is 12.6. The first-order valence-electron chi connectivity index (χ1n) is 8.70. The van der Waals surface area contributed by atoms with Gasteiger partial charge in [-0.3, -0.25) is 14.7 Å². The summed E-state index contributed by atoms with van der Waals surface area (Å²) in [4.78, 5) is 18.8. The lowest BCUT2D eigenvalue weighted by molar-refractivity contribution is 0.0383. The first-order valence-corrected chi connectivity index (χ1v) is 9.08. The summed E-state index contributed by atoms with van der Waals surface area (Å²) in [5.41, 5.74) is 3.05. The van der Waals surface area contributed by atoms with Gasteiger partial charge >= 0.3 is 0 Å². The van der Waals surface area contributed by atoms with E-state index >= 15 is 0 Å². The second-order valence-electron chi connectivity index (χ2n) is 6.18. The van der Waals surface area contributed by atoms with E-state index in [2.05, 4.69) is 20.5 Å². The molecule has 7 heteroatoms. The maximum atomic E-state index is 12.3. The third-order valence-corrected chi connectivity index (χ3v) is 4.77. The molecule has 3 rings (SSSR count). The van der Waals surface area contributed by atoms with Crippen LogP contribution in [0.2, 0.25) is 5.02 Å². The minimum atomic E-state index is -0.176. The van der Waals surface area contributed by atoms with Crippen LogP contribution in [-0.2, 0) is 4.74 Å². The highest BCUT2D eigenvalue weighted by atomic mass is 35.5. The summed E-state index contributed by atoms with van der Waals surface area (Å²) in [7, 11) is 0. The minimum absolute atomic E-state index is 0.176. The van der Waals surface area contributed by atoms with Gasteiger partial charge in [0.2, 0.25) is 0 Å². The predicted octanol–water partition coefficient (Wildman–Crippen LogP) is 2.85. The van der Waals surface area contributed by atoms with Gasteiger partial charge in [0.25, 0.3) is 5.91 Å². The van der Waals surface area contributed by atoms with Crippen molar-refractivity contribution in [1.82, 2.24) is 15.2 Å². The summed E-state index contributed by atoms with van der Waals surface area (Å²) >= 11 is 6.15. The fraction of sp³-hybridized carbons (Fsp3) is 0.368. The SMILES string of the molecule is Cc1c(Cl)cccc1Nc1ccnc(C(=O)NCCN2CCOCC2)c1. The number of nitrogens with zero attached hydrogens (tertiary/aromatic N) is 2. The van der Waals surface area contributed by atoms with Crippen LogP contribution < -0.4 is 10.6 Å². The summed E-state index contributed by atoms with van der Waals surface area (Å²) < 4.78 is 5.32. The number of benzene rings is 1. The molecule has 1 aromatic carbocycles. The Morgan fingerprint density at radius 2 is 2.12 bits per heavy atom. The molecule has 1 amide bonds. The molecular weight excluding hydrogens is 352 g/mol. The average molecular weight is 375 g/mol. The van der Waals surface area contributed by atoms with Crippen LogP contribution >= 0.6 is 11.6 Å². The number of morpholine rings is 1. The minimum Gasteiger partial charge on any atom is -0.379 e. The summed E-state index contributed by atoms with van der Waals surface area (Å²) in [5, 5.41) is 6.91. The lowest BCUT2D eigenvalue weighted by Gasteiger charge is -2.26. The van der Waals surface area contributed by atoms with Gasteiger partial charge in [0.1, 0.15) is 5.69 Å². The van der Waals surface area contributed by atoms with Gasteiger partial charge in [0, 0.05) is 48.8 Å². The number of halogens is 1. The highest BCUT2D eigenvalue weighted by Gasteiger charge is 2.12. The largest absolute Gasteiger partial charge is 0.379 e. The van der Waals surface area contributed by atoms with Gasteiger partial charge in [-0.1, -0.05) is 17.7 Å². The normalized spacial score (nSPS) is 14.8. The number of carbonyl (C=O) groups is 1. The molecule has 1 aliphatic rings. The monoisotopic (exact) mass is 374 g/mol. The van der Waals surface area contributed by atoms with E-state index in [1.165, 1.54) is 0 Å². The Morgan fingerprint density at radius 1 is 1.31 bits per heavy atom. The molecule has 1 aromatic heterocycles. The molecule has 1 fully saturated rings. The molecule has 2 N–H and O–H groups in total. The molecule has 0 radical (unpaired) electrons. The Bertz CT molecular complexity index is 763. The quantitative estimate of drug-likeness (QED) is 0.813. The summed E-state index contributed by atoms with van der Waals surface area (Å²) in [6, 6.07) is 9.25. The third-order valence-electron chi connectivity index (χ3n) is 4.36. The van der Waals surface area contributed by atoms with E-state index in [-0.39, 0.29) is 5.91 Å². The van der Waals surface area contributed by atoms with E-state index in [9.17, 15) is 4.79 Å². The molecule has 26 heavy (non-hydrogen) atoms. The highest BCUT2D eigenvalue weighted by molar-refractivity contribution is 6.31. The molecule has 2 heterocycles. The van der Waals surface area contributed by atoms with Crippen LogP contribution in [0.4, 0.5) is 11.4 Å². The Labute approximate surface area is 158 Å². The zero-order valence-electron chi connectivity index (χ0n) is 14.8. The van der Waals surface area contributed by atoms with Crippen molar-refractivity contribution in [2.45, 2.75) is 6.92 Å². The van der Waals surface area contributed by atoms with E-state index in [0.717, 1.165) is 49.8 Å². The van der Waals surface area contributed by atoms with Gasteiger partial charge in [-0.05, 0) is 36.8 Å². The van der Waals surface area contributed by atoms with Crippen molar-refractivity contribution in [3.8, 4) is 0 Å². The number of pyridine rings is 1. The van der Waals surface area contributed by atoms with Crippen molar-refractivity contribution in [3.05, 3.63) is 52.8 Å². The Morgan fingerprint density at radius 3 is 2.92 bits per heavy atom. The van der Waals surface area contributed by atoms with E-state index in [0.29, 0.717) is 17.3 Å². The number of carbonyl (C=O) groups excluding carboxylic acids is 1. The van der Waals surface area contributed by atoms with Crippen molar-refractivity contribution in [1.29, 1.82) is 0 Å². The molecular formula is C19H23ClN4O2. The summed E-state index contributed by atoms with van der Waals surface area (Å²) in [6.45, 7) is 6.68. The molecule has 6 nitrogen and oxygen atoms in total. The van der Waals surface area contributed by atoms with E-state index < -0.39 is 0 Å². The predicted molar refractivity (Wildman–Crippen MR) is 103 cm³/mol. The van der Waals surface area contributed by atoms with E-state index in [1.807, 2.05) is 31.2 Å². The lowest BCUT2D eigenvalue weighted by atomic mass is 10.2. The van der Waals surface area contributed by atoms with Crippen molar-refractivity contribution in [2.24, 2.45) is 0 Å². The molecule has 0 unspecified atom stereocenters. The Hall–Kier alpha value is -2.15. The van der Waals surface area contributed by atoms with Crippen molar-refractivity contribution >= 4 is 28.9 Å². The smallest absolute Gasteiger partial charge is 0.269 e. The number of anilines is 2. The number of hydrogen-bond acceptors (Lipinski definition) is 5. The number of aromatic nitrogens is 1. The standard InChI is InChI=1S/C19H23ClN4O2/c1-14-16(20)3-2-4-17(14)23-15-5-6-21-18(13-15)19(25)22-7-8-24-9-11-26-12-10-24/h2-6,13H,7-12H2,1H3,(H,21,23)(H,22,25). The number of rotatable bonds is 6. The van der Waals surface area contributed by atoms with Gasteiger partial charge in [-0.25, -0.2) is 0 Å². The van der Waals surface area contributed by atoms with Gasteiger partial charge in [-0.2, -0.15) is 0 Å². The Kier molecular flexibility index (Phi) is 6.44. The maximum absolute atomic E-state index is 12.3. The van der Waals surface area contributed by atoms with Crippen LogP contribution in [0, 0.1) is 6.92 Å². The number of nitrogens with one attached hydrogen (secondary N) is 2. The van der Waals surface area contributed by atoms with Crippen molar-refractivity contribution in [3.63, 3.8) is 0 Å². The van der Waals surface area contributed by atoms with E-state index in [4.69, 9.17) is 16.3 Å². The van der Waals surface area contributed by atoms with Gasteiger partial charge < -0.3 is 15.4 Å². The molecule has 138 valence electrons. The van der Waals surface area contributed by atoms with Crippen LogP contribution in [-0.4, -0.2) is 55.2 Å². The molecule has 0 aliphatic carbocycles. The fourth-order valence-electron chi connectivity index (χ4n) is 2.77. The molecule has 0 bridgehead atoms. The van der Waals surface area contributed by atoms with Gasteiger partial charge in [0.15, 0.2) is 0 Å². The zero-order valence-corrected chi connectivity index (χ0v) is 15.6. The third kappa shape index (κ3) is 4.94. The molecule has 0 atom stereocenters. The molecule has 1 aliphatic heterocycles. The average Bonchev–Trinajstić information content (AvgIpc) is 2.66. The van der Waals surface area contributed by atoms with Crippen LogP contribution in [0.5, 0.6) is 0 Å². The van der Waals surface area contributed by atoms with Crippen LogP contribution in [0.15, 0.2) is 36.5 Å². The molecule has 0 saturated carbocycles. The Balaban J connectivity index is 1.57. The highest BCUT2D eigenvalue weighted by Crippen LogP contribution is 2.26.